The van der Waals surface area contributed by atoms with Gasteiger partial charge in [-0.15, -0.1) is 0 Å². The molecule has 2 saturated heterocycles. The molecule has 3 heterocycles. The molecule has 0 aliphatic carbocycles. The van der Waals surface area contributed by atoms with Crippen LogP contribution in [-0.4, -0.2) is 59.5 Å². The summed E-state index contributed by atoms with van der Waals surface area (Å²) in [4.78, 5) is 21.5. The predicted molar refractivity (Wildman–Crippen MR) is 83.5 cm³/mol. The van der Waals surface area contributed by atoms with E-state index in [-0.39, 0.29) is 5.91 Å². The lowest BCUT2D eigenvalue weighted by atomic mass is 10.1. The third kappa shape index (κ3) is 3.02. The molecule has 1 N–H and O–H groups in total. The number of carbonyl (C=O) groups is 1. The lowest BCUT2D eigenvalue weighted by Gasteiger charge is -2.37. The highest BCUT2D eigenvalue weighted by atomic mass is 16.2. The molecule has 2 fully saturated rings. The highest BCUT2D eigenvalue weighted by Gasteiger charge is 2.33. The summed E-state index contributed by atoms with van der Waals surface area (Å²) in [6, 6.07) is 2.40. The van der Waals surface area contributed by atoms with Gasteiger partial charge in [0.2, 0.25) is 0 Å². The smallest absolute Gasteiger partial charge is 0.256 e. The molecule has 0 spiro atoms. The number of hydrogen-bond donors (Lipinski definition) is 1. The monoisotopic (exact) mass is 288 g/mol. The van der Waals surface area contributed by atoms with Gasteiger partial charge in [-0.2, -0.15) is 0 Å². The van der Waals surface area contributed by atoms with Crippen molar-refractivity contribution in [1.82, 2.24) is 14.8 Å². The minimum absolute atomic E-state index is 0.141. The molecule has 1 amide bonds. The Bertz CT molecular complexity index is 505. The number of nitrogens with zero attached hydrogens (tertiary/aromatic N) is 3. The van der Waals surface area contributed by atoms with Crippen LogP contribution in [0.25, 0.3) is 0 Å². The maximum atomic E-state index is 12.8. The number of aromatic nitrogens is 1. The van der Waals surface area contributed by atoms with E-state index in [9.17, 15) is 4.79 Å². The van der Waals surface area contributed by atoms with Gasteiger partial charge in [-0.05, 0) is 31.9 Å². The minimum Gasteiger partial charge on any atom is -0.383 e. The van der Waals surface area contributed by atoms with Crippen molar-refractivity contribution in [2.45, 2.75) is 32.2 Å². The summed E-state index contributed by atoms with van der Waals surface area (Å²) < 4.78 is 0. The van der Waals surface area contributed by atoms with Crippen LogP contribution in [0.1, 0.15) is 36.5 Å². The summed E-state index contributed by atoms with van der Waals surface area (Å²) in [5.74, 6) is 0.141. The molecule has 1 atom stereocenters. The normalized spacial score (nSPS) is 22.1. The van der Waals surface area contributed by atoms with Gasteiger partial charge in [0.1, 0.15) is 0 Å². The highest BCUT2D eigenvalue weighted by Crippen LogP contribution is 2.24. The van der Waals surface area contributed by atoms with Gasteiger partial charge in [-0.1, -0.05) is 6.92 Å². The molecule has 1 aromatic rings. The average molecular weight is 288 g/mol. The molecular formula is C16H24N4O. The number of nitrogens with one attached hydrogen (secondary N) is 1. The van der Waals surface area contributed by atoms with Gasteiger partial charge in [0.15, 0.2) is 0 Å². The molecule has 0 radical (unpaired) electrons. The zero-order valence-electron chi connectivity index (χ0n) is 12.7. The molecule has 1 aromatic heterocycles. The summed E-state index contributed by atoms with van der Waals surface area (Å²) in [5.41, 5.74) is 1.61. The number of hydrogen-bond acceptors (Lipinski definition) is 4. The van der Waals surface area contributed by atoms with Crippen molar-refractivity contribution in [3.8, 4) is 0 Å². The Balaban J connectivity index is 1.72. The van der Waals surface area contributed by atoms with Crippen molar-refractivity contribution in [3.63, 3.8) is 0 Å². The number of piperazine rings is 1. The van der Waals surface area contributed by atoms with Crippen LogP contribution in [0.5, 0.6) is 0 Å². The molecule has 0 bridgehead atoms. The number of carbonyl (C=O) groups excluding carboxylic acids is 1. The third-order valence-electron chi connectivity index (χ3n) is 4.49. The van der Waals surface area contributed by atoms with Crippen LogP contribution < -0.4 is 5.32 Å². The lowest BCUT2D eigenvalue weighted by molar-refractivity contribution is 0.0572. The van der Waals surface area contributed by atoms with E-state index >= 15 is 0 Å². The van der Waals surface area contributed by atoms with Crippen LogP contribution in [0.15, 0.2) is 18.5 Å². The van der Waals surface area contributed by atoms with Crippen molar-refractivity contribution in [2.24, 2.45) is 0 Å². The van der Waals surface area contributed by atoms with Crippen molar-refractivity contribution < 1.29 is 4.79 Å². The van der Waals surface area contributed by atoms with Crippen LogP contribution in [0.3, 0.4) is 0 Å². The van der Waals surface area contributed by atoms with Gasteiger partial charge in [0.25, 0.3) is 5.91 Å². The minimum atomic E-state index is 0.141. The van der Waals surface area contributed by atoms with Crippen LogP contribution in [0.4, 0.5) is 5.69 Å². The number of anilines is 1. The van der Waals surface area contributed by atoms with E-state index < -0.39 is 0 Å². The van der Waals surface area contributed by atoms with E-state index in [1.54, 1.807) is 12.4 Å². The van der Waals surface area contributed by atoms with Crippen LogP contribution in [0.2, 0.25) is 0 Å². The fourth-order valence-corrected chi connectivity index (χ4v) is 3.33. The van der Waals surface area contributed by atoms with Gasteiger partial charge in [0, 0.05) is 38.4 Å². The van der Waals surface area contributed by atoms with Gasteiger partial charge < -0.3 is 10.2 Å². The highest BCUT2D eigenvalue weighted by molar-refractivity contribution is 5.99. The van der Waals surface area contributed by atoms with E-state index in [1.165, 1.54) is 19.4 Å². The first-order chi connectivity index (χ1) is 10.3. The summed E-state index contributed by atoms with van der Waals surface area (Å²) in [7, 11) is 0. The van der Waals surface area contributed by atoms with Crippen molar-refractivity contribution in [2.75, 3.05) is 38.0 Å². The molecular weight excluding hydrogens is 264 g/mol. The van der Waals surface area contributed by atoms with Gasteiger partial charge >= 0.3 is 0 Å². The summed E-state index contributed by atoms with van der Waals surface area (Å²) in [6.45, 7) is 6.90. The lowest BCUT2D eigenvalue weighted by Crippen LogP contribution is -2.52. The summed E-state index contributed by atoms with van der Waals surface area (Å²) in [6.07, 6.45) is 6.99. The fourth-order valence-electron chi connectivity index (χ4n) is 3.33. The quantitative estimate of drug-likeness (QED) is 0.918. The van der Waals surface area contributed by atoms with E-state index in [0.29, 0.717) is 6.04 Å². The molecule has 5 heteroatoms. The first-order valence-corrected chi connectivity index (χ1v) is 8.01. The second kappa shape index (κ2) is 6.43. The second-order valence-electron chi connectivity index (χ2n) is 5.93. The largest absolute Gasteiger partial charge is 0.383 e. The molecule has 2 aliphatic heterocycles. The Morgan fingerprint density at radius 3 is 3.19 bits per heavy atom. The topological polar surface area (TPSA) is 48.5 Å². The Hall–Kier alpha value is -1.62. The maximum absolute atomic E-state index is 12.8. The van der Waals surface area contributed by atoms with E-state index in [1.807, 2.05) is 11.0 Å². The van der Waals surface area contributed by atoms with Gasteiger partial charge in [-0.25, -0.2) is 0 Å². The van der Waals surface area contributed by atoms with Crippen LogP contribution >= 0.6 is 0 Å². The molecule has 2 aliphatic rings. The van der Waals surface area contributed by atoms with Gasteiger partial charge in [-0.3, -0.25) is 14.7 Å². The Morgan fingerprint density at radius 2 is 2.33 bits per heavy atom. The van der Waals surface area contributed by atoms with Gasteiger partial charge in [0.05, 0.1) is 17.4 Å². The van der Waals surface area contributed by atoms with Crippen LogP contribution in [0, 0.1) is 0 Å². The first-order valence-electron chi connectivity index (χ1n) is 8.01. The Kier molecular flexibility index (Phi) is 4.39. The van der Waals surface area contributed by atoms with Crippen molar-refractivity contribution >= 4 is 11.6 Å². The Labute approximate surface area is 126 Å². The van der Waals surface area contributed by atoms with Crippen molar-refractivity contribution in [1.29, 1.82) is 0 Å². The standard InChI is InChI=1S/C16H24N4O/c1-2-6-18-15-11-17-7-5-14(15)16(21)20-10-9-19-8-3-4-13(19)12-20/h5,7,11,13,18H,2-4,6,8-10,12H2,1H3. The zero-order chi connectivity index (χ0) is 14.7. The third-order valence-corrected chi connectivity index (χ3v) is 4.49. The number of rotatable bonds is 4. The van der Waals surface area contributed by atoms with E-state index in [2.05, 4.69) is 22.1 Å². The van der Waals surface area contributed by atoms with Crippen LogP contribution in [-0.2, 0) is 0 Å². The molecule has 21 heavy (non-hydrogen) atoms. The summed E-state index contributed by atoms with van der Waals surface area (Å²) in [5, 5.41) is 3.31. The summed E-state index contributed by atoms with van der Waals surface area (Å²) >= 11 is 0. The molecule has 3 rings (SSSR count). The average Bonchev–Trinajstić information content (AvgIpc) is 3.00. The zero-order valence-corrected chi connectivity index (χ0v) is 12.7. The molecule has 0 aromatic carbocycles. The second-order valence-corrected chi connectivity index (χ2v) is 5.93. The molecule has 1 unspecified atom stereocenters. The first kappa shape index (κ1) is 14.3. The number of fused-ring (bicyclic) bond motifs is 1. The number of amides is 1. The van der Waals surface area contributed by atoms with E-state index in [0.717, 1.165) is 43.9 Å². The predicted octanol–water partition coefficient (Wildman–Crippen LogP) is 1.82. The maximum Gasteiger partial charge on any atom is 0.256 e. The van der Waals surface area contributed by atoms with Crippen molar-refractivity contribution in [3.05, 3.63) is 24.0 Å². The van der Waals surface area contributed by atoms with E-state index in [4.69, 9.17) is 0 Å². The SMILES string of the molecule is CCCNc1cnccc1C(=O)N1CCN2CCCC2C1. The number of pyridine rings is 1. The fraction of sp³-hybridized carbons (Fsp3) is 0.625. The molecule has 0 saturated carbocycles. The molecule has 5 nitrogen and oxygen atoms in total. The molecule has 114 valence electrons. The Morgan fingerprint density at radius 1 is 1.43 bits per heavy atom.